The number of rotatable bonds is 6. The Hall–Kier alpha value is -2.94. The Morgan fingerprint density at radius 1 is 1.19 bits per heavy atom. The molecule has 0 saturated heterocycles. The molecule has 0 atom stereocenters. The van der Waals surface area contributed by atoms with E-state index in [9.17, 15) is 18.0 Å². The van der Waals surface area contributed by atoms with Crippen LogP contribution in [0.3, 0.4) is 0 Å². The van der Waals surface area contributed by atoms with Crippen molar-refractivity contribution in [3.8, 4) is 5.75 Å². The molecule has 142 valence electrons. The number of ether oxygens (including phenoxy) is 1. The van der Waals surface area contributed by atoms with Gasteiger partial charge in [-0.3, -0.25) is 4.98 Å². The lowest BCUT2D eigenvalue weighted by Crippen LogP contribution is -2.19. The molecule has 6 nitrogen and oxygen atoms in total. The highest BCUT2D eigenvalue weighted by atomic mass is 35.5. The monoisotopic (exact) mass is 398 g/mol. The van der Waals surface area contributed by atoms with E-state index in [1.54, 1.807) is 24.3 Å². The zero-order valence-corrected chi connectivity index (χ0v) is 14.5. The fraction of sp³-hybridized carbons (Fsp3) is 0.176. The number of aromatic nitrogens is 3. The molecule has 1 aromatic heterocycles. The van der Waals surface area contributed by atoms with Gasteiger partial charge < -0.3 is 10.1 Å². The number of nitrogens with zero attached hydrogens (tertiary/aromatic N) is 2. The lowest BCUT2D eigenvalue weighted by Gasteiger charge is -2.09. The smallest absolute Gasteiger partial charge is 0.406 e. The van der Waals surface area contributed by atoms with Crippen LogP contribution in [0.5, 0.6) is 5.75 Å². The number of hydrogen-bond donors (Lipinski definition) is 2. The van der Waals surface area contributed by atoms with Crippen molar-refractivity contribution in [1.82, 2.24) is 14.8 Å². The zero-order valence-electron chi connectivity index (χ0n) is 13.8. The predicted molar refractivity (Wildman–Crippen MR) is 93.9 cm³/mol. The Labute approximate surface area is 156 Å². The molecule has 0 aliphatic carbocycles. The summed E-state index contributed by atoms with van der Waals surface area (Å²) in [7, 11) is 0. The highest BCUT2D eigenvalue weighted by molar-refractivity contribution is 6.30. The van der Waals surface area contributed by atoms with Gasteiger partial charge in [-0.2, -0.15) is 5.10 Å². The molecule has 1 heterocycles. The van der Waals surface area contributed by atoms with E-state index < -0.39 is 12.1 Å². The number of aromatic amines is 1. The minimum absolute atomic E-state index is 0.00154. The van der Waals surface area contributed by atoms with Crippen molar-refractivity contribution < 1.29 is 17.9 Å². The lowest BCUT2D eigenvalue weighted by molar-refractivity contribution is -0.274. The molecule has 0 aliphatic heterocycles. The van der Waals surface area contributed by atoms with Gasteiger partial charge in [-0.15, -0.1) is 13.2 Å². The number of alkyl halides is 3. The van der Waals surface area contributed by atoms with Crippen molar-refractivity contribution in [2.45, 2.75) is 19.5 Å². The van der Waals surface area contributed by atoms with Crippen LogP contribution in [-0.4, -0.2) is 21.1 Å². The maximum absolute atomic E-state index is 12.3. The highest BCUT2D eigenvalue weighted by Crippen LogP contribution is 2.23. The summed E-state index contributed by atoms with van der Waals surface area (Å²) in [6, 6.07) is 12.4. The molecule has 0 aliphatic rings. The number of H-pyrrole nitrogens is 1. The molecule has 0 spiro atoms. The first-order chi connectivity index (χ1) is 12.8. The Morgan fingerprint density at radius 3 is 2.70 bits per heavy atom. The van der Waals surface area contributed by atoms with Gasteiger partial charge in [-0.1, -0.05) is 29.8 Å². The van der Waals surface area contributed by atoms with Crippen molar-refractivity contribution in [1.29, 1.82) is 0 Å². The lowest BCUT2D eigenvalue weighted by atomic mass is 10.2. The van der Waals surface area contributed by atoms with Gasteiger partial charge in [0.05, 0.1) is 13.1 Å². The minimum atomic E-state index is -4.78. The molecule has 3 aromatic rings. The van der Waals surface area contributed by atoms with Gasteiger partial charge in [0.1, 0.15) is 11.6 Å². The molecule has 0 bridgehead atoms. The zero-order chi connectivity index (χ0) is 19.4. The van der Waals surface area contributed by atoms with E-state index in [0.29, 0.717) is 16.4 Å². The molecular formula is C17H14ClF3N4O2. The maximum atomic E-state index is 12.3. The van der Waals surface area contributed by atoms with Gasteiger partial charge in [0, 0.05) is 10.7 Å². The summed E-state index contributed by atoms with van der Waals surface area (Å²) in [4.78, 5) is 14.6. The molecule has 10 heteroatoms. The van der Waals surface area contributed by atoms with Crippen molar-refractivity contribution in [3.05, 3.63) is 75.4 Å². The normalized spacial score (nSPS) is 11.4. The summed E-state index contributed by atoms with van der Waals surface area (Å²) in [5.74, 6) is 0.0223. The van der Waals surface area contributed by atoms with Crippen LogP contribution in [-0.2, 0) is 13.1 Å². The van der Waals surface area contributed by atoms with E-state index >= 15 is 0 Å². The van der Waals surface area contributed by atoms with Crippen molar-refractivity contribution >= 4 is 17.3 Å². The summed E-state index contributed by atoms with van der Waals surface area (Å²) in [5, 5.41) is 7.77. The van der Waals surface area contributed by atoms with Crippen LogP contribution in [0, 0.1) is 0 Å². The Kier molecular flexibility index (Phi) is 5.41. The van der Waals surface area contributed by atoms with Crippen molar-refractivity contribution in [2.24, 2.45) is 0 Å². The largest absolute Gasteiger partial charge is 0.573 e. The van der Waals surface area contributed by atoms with Crippen LogP contribution >= 0.6 is 11.6 Å². The predicted octanol–water partition coefficient (Wildman–Crippen LogP) is 3.78. The Bertz CT molecular complexity index is 985. The Morgan fingerprint density at radius 2 is 1.96 bits per heavy atom. The SMILES string of the molecule is O=c1[nH]c(CNc2cccc(Cl)c2)nn1Cc1cccc(OC(F)(F)F)c1. The molecule has 3 rings (SSSR count). The first-order valence-corrected chi connectivity index (χ1v) is 8.16. The minimum Gasteiger partial charge on any atom is -0.406 e. The summed E-state index contributed by atoms with van der Waals surface area (Å²) < 4.78 is 41.9. The van der Waals surface area contributed by atoms with Gasteiger partial charge in [-0.25, -0.2) is 9.48 Å². The summed E-state index contributed by atoms with van der Waals surface area (Å²) in [6.45, 7) is 0.251. The van der Waals surface area contributed by atoms with Gasteiger partial charge >= 0.3 is 12.1 Å². The van der Waals surface area contributed by atoms with Gasteiger partial charge in [-0.05, 0) is 35.9 Å². The number of nitrogens with one attached hydrogen (secondary N) is 2. The van der Waals surface area contributed by atoms with E-state index in [4.69, 9.17) is 11.6 Å². The number of hydrogen-bond acceptors (Lipinski definition) is 4. The van der Waals surface area contributed by atoms with Gasteiger partial charge in [0.15, 0.2) is 0 Å². The van der Waals surface area contributed by atoms with E-state index in [1.807, 2.05) is 6.07 Å². The topological polar surface area (TPSA) is 71.9 Å². The number of anilines is 1. The molecular weight excluding hydrogens is 385 g/mol. The average Bonchev–Trinajstić information content (AvgIpc) is 2.92. The highest BCUT2D eigenvalue weighted by Gasteiger charge is 2.31. The third kappa shape index (κ3) is 5.52. The molecule has 0 fully saturated rings. The molecule has 0 amide bonds. The molecule has 2 aromatic carbocycles. The number of benzene rings is 2. The summed E-state index contributed by atoms with van der Waals surface area (Å²) >= 11 is 5.90. The van der Waals surface area contributed by atoms with E-state index in [0.717, 1.165) is 10.4 Å². The molecule has 0 radical (unpaired) electrons. The van der Waals surface area contributed by atoms with Crippen LogP contribution in [0.4, 0.5) is 18.9 Å². The van der Waals surface area contributed by atoms with Gasteiger partial charge in [0.2, 0.25) is 0 Å². The second kappa shape index (κ2) is 7.75. The number of halogens is 4. The summed E-state index contributed by atoms with van der Waals surface area (Å²) in [5.41, 5.74) is 0.731. The molecule has 0 unspecified atom stereocenters. The van der Waals surface area contributed by atoms with Crippen LogP contribution in [0.25, 0.3) is 0 Å². The molecule has 27 heavy (non-hydrogen) atoms. The third-order valence-electron chi connectivity index (χ3n) is 3.48. The van der Waals surface area contributed by atoms with Crippen LogP contribution in [0.2, 0.25) is 5.02 Å². The Balaban J connectivity index is 1.68. The third-order valence-corrected chi connectivity index (χ3v) is 3.71. The van der Waals surface area contributed by atoms with Crippen LogP contribution < -0.4 is 15.7 Å². The fourth-order valence-electron chi connectivity index (χ4n) is 2.39. The molecule has 0 saturated carbocycles. The average molecular weight is 399 g/mol. The van der Waals surface area contributed by atoms with E-state index in [2.05, 4.69) is 20.1 Å². The van der Waals surface area contributed by atoms with E-state index in [1.165, 1.54) is 18.2 Å². The summed E-state index contributed by atoms with van der Waals surface area (Å²) in [6.07, 6.45) is -4.78. The standard InChI is InChI=1S/C17H14ClF3N4O2/c18-12-4-2-5-13(8-12)22-9-15-23-16(26)25(24-15)10-11-3-1-6-14(7-11)27-17(19,20)21/h1-8,22H,9-10H2,(H,23,24,26). The van der Waals surface area contributed by atoms with Crippen molar-refractivity contribution in [3.63, 3.8) is 0 Å². The first-order valence-electron chi connectivity index (χ1n) is 7.79. The second-order valence-corrected chi connectivity index (χ2v) is 6.03. The molecule has 2 N–H and O–H groups in total. The fourth-order valence-corrected chi connectivity index (χ4v) is 2.58. The van der Waals surface area contributed by atoms with Crippen LogP contribution in [0.15, 0.2) is 53.3 Å². The second-order valence-electron chi connectivity index (χ2n) is 5.59. The quantitative estimate of drug-likeness (QED) is 0.662. The maximum Gasteiger partial charge on any atom is 0.573 e. The first kappa shape index (κ1) is 18.8. The van der Waals surface area contributed by atoms with Crippen LogP contribution in [0.1, 0.15) is 11.4 Å². The van der Waals surface area contributed by atoms with E-state index in [-0.39, 0.29) is 18.8 Å². The van der Waals surface area contributed by atoms with Gasteiger partial charge in [0.25, 0.3) is 0 Å². The van der Waals surface area contributed by atoms with Crippen molar-refractivity contribution in [2.75, 3.05) is 5.32 Å².